The molecule has 1 rings (SSSR count). The molecule has 0 radical (unpaired) electrons. The lowest BCUT2D eigenvalue weighted by molar-refractivity contribution is -0.136. The smallest absolute Gasteiger partial charge is 0.392 e. The average Bonchev–Trinajstić information content (AvgIpc) is 2.36. The molecule has 0 fully saturated rings. The number of hydrogen-bond acceptors (Lipinski definition) is 3. The number of carbonyl (C=O) groups excluding carboxylic acids is 1. The molecule has 0 aliphatic carbocycles. The van der Waals surface area contributed by atoms with Gasteiger partial charge in [-0.05, 0) is 24.3 Å². The third kappa shape index (κ3) is 3.98. The minimum Gasteiger partial charge on any atom is -0.392 e. The molecule has 0 aliphatic rings. The second-order valence-electron chi connectivity index (χ2n) is 3.55. The molecule has 8 heteroatoms. The lowest BCUT2D eigenvalue weighted by Crippen LogP contribution is -2.18. The number of amides is 1. The largest absolute Gasteiger partial charge is 0.418 e. The number of anilines is 1. The Labute approximate surface area is 117 Å². The number of rotatable bonds is 3. The topological polar surface area (TPSA) is 73.1 Å². The Morgan fingerprint density at radius 2 is 2.15 bits per heavy atom. The summed E-state index contributed by atoms with van der Waals surface area (Å²) in [7, 11) is 0. The van der Waals surface area contributed by atoms with Gasteiger partial charge in [0.25, 0.3) is 5.91 Å². The van der Waals surface area contributed by atoms with Crippen molar-refractivity contribution in [1.29, 1.82) is 5.26 Å². The third-order valence-corrected chi connectivity index (χ3v) is 2.43. The zero-order valence-electron chi connectivity index (χ0n) is 9.83. The van der Waals surface area contributed by atoms with Crippen molar-refractivity contribution in [3.63, 3.8) is 0 Å². The van der Waals surface area contributed by atoms with Gasteiger partial charge in [-0.25, -0.2) is 0 Å². The van der Waals surface area contributed by atoms with Crippen LogP contribution in [0.4, 0.5) is 18.9 Å². The number of nitriles is 1. The van der Waals surface area contributed by atoms with Crippen molar-refractivity contribution in [2.24, 2.45) is 0 Å². The molecule has 0 aliphatic heterocycles. The fraction of sp³-hybridized carbons (Fsp3) is 0.167. The maximum atomic E-state index is 12.8. The SMILES string of the molecule is N#CC(=CCO)C(=O)Nc1ccc(Cl)cc1C(F)(F)F. The molecule has 4 nitrogen and oxygen atoms in total. The van der Waals surface area contributed by atoms with Crippen LogP contribution in [-0.2, 0) is 11.0 Å². The van der Waals surface area contributed by atoms with Crippen molar-refractivity contribution in [2.45, 2.75) is 6.18 Å². The number of nitrogens with one attached hydrogen (secondary N) is 1. The van der Waals surface area contributed by atoms with Crippen molar-refractivity contribution >= 4 is 23.2 Å². The molecule has 0 bridgehead atoms. The van der Waals surface area contributed by atoms with E-state index < -0.39 is 35.5 Å². The number of carbonyl (C=O) groups is 1. The van der Waals surface area contributed by atoms with Gasteiger partial charge in [0, 0.05) is 5.02 Å². The Balaban J connectivity index is 3.14. The van der Waals surface area contributed by atoms with Crippen LogP contribution in [0.15, 0.2) is 29.8 Å². The van der Waals surface area contributed by atoms with E-state index in [9.17, 15) is 18.0 Å². The summed E-state index contributed by atoms with van der Waals surface area (Å²) in [6, 6.07) is 4.30. The van der Waals surface area contributed by atoms with E-state index in [0.717, 1.165) is 12.1 Å². The van der Waals surface area contributed by atoms with Gasteiger partial charge in [0.05, 0.1) is 17.9 Å². The van der Waals surface area contributed by atoms with Crippen LogP contribution in [0.3, 0.4) is 0 Å². The number of aliphatic hydroxyl groups excluding tert-OH is 1. The fourth-order valence-electron chi connectivity index (χ4n) is 1.33. The van der Waals surface area contributed by atoms with E-state index >= 15 is 0 Å². The highest BCUT2D eigenvalue weighted by Gasteiger charge is 2.34. The Morgan fingerprint density at radius 1 is 1.50 bits per heavy atom. The monoisotopic (exact) mass is 304 g/mol. The van der Waals surface area contributed by atoms with E-state index in [4.69, 9.17) is 22.0 Å². The molecule has 0 heterocycles. The molecule has 0 spiro atoms. The highest BCUT2D eigenvalue weighted by Crippen LogP contribution is 2.36. The zero-order chi connectivity index (χ0) is 15.3. The number of hydrogen-bond donors (Lipinski definition) is 2. The first kappa shape index (κ1) is 16.0. The highest BCUT2D eigenvalue weighted by atomic mass is 35.5. The first-order valence-corrected chi connectivity index (χ1v) is 5.56. The Morgan fingerprint density at radius 3 is 2.65 bits per heavy atom. The minimum atomic E-state index is -4.71. The zero-order valence-corrected chi connectivity index (χ0v) is 10.6. The van der Waals surface area contributed by atoms with Crippen LogP contribution < -0.4 is 5.32 Å². The van der Waals surface area contributed by atoms with Crippen molar-refractivity contribution in [3.05, 3.63) is 40.4 Å². The Bertz CT molecular complexity index is 591. The first-order valence-electron chi connectivity index (χ1n) is 5.18. The number of halogens is 4. The molecule has 0 aromatic heterocycles. The quantitative estimate of drug-likeness (QED) is 0.666. The van der Waals surface area contributed by atoms with E-state index in [2.05, 4.69) is 0 Å². The average molecular weight is 305 g/mol. The van der Waals surface area contributed by atoms with Crippen LogP contribution in [0, 0.1) is 11.3 Å². The van der Waals surface area contributed by atoms with Gasteiger partial charge in [-0.3, -0.25) is 4.79 Å². The van der Waals surface area contributed by atoms with Crippen LogP contribution in [-0.4, -0.2) is 17.6 Å². The summed E-state index contributed by atoms with van der Waals surface area (Å²) in [5.74, 6) is -1.05. The van der Waals surface area contributed by atoms with E-state index in [1.54, 1.807) is 0 Å². The molecule has 2 N–H and O–H groups in total. The summed E-state index contributed by atoms with van der Waals surface area (Å²) in [4.78, 5) is 11.6. The minimum absolute atomic E-state index is 0.137. The molecule has 0 unspecified atom stereocenters. The number of aliphatic hydroxyl groups is 1. The summed E-state index contributed by atoms with van der Waals surface area (Å²) >= 11 is 5.49. The number of alkyl halides is 3. The van der Waals surface area contributed by atoms with Gasteiger partial charge in [-0.2, -0.15) is 18.4 Å². The van der Waals surface area contributed by atoms with Crippen LogP contribution in [0.2, 0.25) is 5.02 Å². The lowest BCUT2D eigenvalue weighted by Gasteiger charge is -2.13. The second kappa shape index (κ2) is 6.41. The van der Waals surface area contributed by atoms with E-state index in [-0.39, 0.29) is 5.02 Å². The van der Waals surface area contributed by atoms with Crippen molar-refractivity contribution in [2.75, 3.05) is 11.9 Å². The summed E-state index contributed by atoms with van der Waals surface area (Å²) in [5, 5.41) is 19.1. The van der Waals surface area contributed by atoms with Crippen molar-refractivity contribution in [1.82, 2.24) is 0 Å². The molecule has 0 atom stereocenters. The van der Waals surface area contributed by atoms with Gasteiger partial charge in [0.1, 0.15) is 11.6 Å². The molecular weight excluding hydrogens is 297 g/mol. The molecule has 106 valence electrons. The maximum absolute atomic E-state index is 12.8. The van der Waals surface area contributed by atoms with Crippen molar-refractivity contribution < 1.29 is 23.1 Å². The predicted molar refractivity (Wildman–Crippen MR) is 65.9 cm³/mol. The normalized spacial score (nSPS) is 11.9. The summed E-state index contributed by atoms with van der Waals surface area (Å²) in [6.07, 6.45) is -3.82. The van der Waals surface area contributed by atoms with Crippen LogP contribution >= 0.6 is 11.6 Å². The predicted octanol–water partition coefficient (Wildman–Crippen LogP) is 2.74. The van der Waals surface area contributed by atoms with Gasteiger partial charge in [-0.1, -0.05) is 11.6 Å². The van der Waals surface area contributed by atoms with Gasteiger partial charge in [-0.15, -0.1) is 0 Å². The van der Waals surface area contributed by atoms with E-state index in [0.29, 0.717) is 6.07 Å². The lowest BCUT2D eigenvalue weighted by atomic mass is 10.1. The fourth-order valence-corrected chi connectivity index (χ4v) is 1.50. The van der Waals surface area contributed by atoms with Crippen molar-refractivity contribution in [3.8, 4) is 6.07 Å². The van der Waals surface area contributed by atoms with Gasteiger partial charge in [0.15, 0.2) is 0 Å². The maximum Gasteiger partial charge on any atom is 0.418 e. The summed E-state index contributed by atoms with van der Waals surface area (Å²) < 4.78 is 38.3. The molecular formula is C12H8ClF3N2O2. The molecule has 0 saturated heterocycles. The van der Waals surface area contributed by atoms with E-state index in [1.165, 1.54) is 12.1 Å². The number of benzene rings is 1. The molecule has 1 amide bonds. The van der Waals surface area contributed by atoms with E-state index in [1.807, 2.05) is 5.32 Å². The second-order valence-corrected chi connectivity index (χ2v) is 3.99. The third-order valence-electron chi connectivity index (χ3n) is 2.20. The van der Waals surface area contributed by atoms with Gasteiger partial charge in [0.2, 0.25) is 0 Å². The summed E-state index contributed by atoms with van der Waals surface area (Å²) in [5.41, 5.74) is -2.14. The first-order chi connectivity index (χ1) is 9.29. The van der Waals surface area contributed by atoms with Gasteiger partial charge >= 0.3 is 6.18 Å². The number of nitrogens with zero attached hydrogens (tertiary/aromatic N) is 1. The van der Waals surface area contributed by atoms with Crippen LogP contribution in [0.1, 0.15) is 5.56 Å². The molecule has 20 heavy (non-hydrogen) atoms. The van der Waals surface area contributed by atoms with Crippen LogP contribution in [0.25, 0.3) is 0 Å². The summed E-state index contributed by atoms with van der Waals surface area (Å²) in [6.45, 7) is -0.580. The Hall–Kier alpha value is -2.04. The standard InChI is InChI=1S/C12H8ClF3N2O2/c13-8-1-2-10(9(5-8)12(14,15)16)18-11(20)7(6-17)3-4-19/h1-3,5,19H,4H2,(H,18,20). The molecule has 0 saturated carbocycles. The Kier molecular flexibility index (Phi) is 5.13. The molecule has 1 aromatic rings. The highest BCUT2D eigenvalue weighted by molar-refractivity contribution is 6.30. The van der Waals surface area contributed by atoms with Gasteiger partial charge < -0.3 is 10.4 Å². The molecule has 1 aromatic carbocycles. The van der Waals surface area contributed by atoms with Crippen LogP contribution in [0.5, 0.6) is 0 Å².